The molecule has 1 saturated carbocycles. The van der Waals surface area contributed by atoms with Crippen molar-refractivity contribution in [3.05, 3.63) is 12.2 Å². The molecular weight excluding hydrogens is 362 g/mol. The Balaban J connectivity index is 1.63. The van der Waals surface area contributed by atoms with E-state index in [9.17, 15) is 14.4 Å². The van der Waals surface area contributed by atoms with Gasteiger partial charge in [-0.05, 0) is 18.8 Å². The van der Waals surface area contributed by atoms with Gasteiger partial charge in [-0.2, -0.15) is 0 Å². The molecule has 2 heterocycles. The number of amides is 3. The maximum Gasteiger partial charge on any atom is 0.318 e. The number of urea groups is 1. The molecule has 0 radical (unpaired) electrons. The minimum absolute atomic E-state index is 0.0215. The molecule has 0 aromatic heterocycles. The summed E-state index contributed by atoms with van der Waals surface area (Å²) in [6.07, 6.45) is 11.0. The number of nitrogens with one attached hydrogen (secondary N) is 2. The van der Waals surface area contributed by atoms with Crippen molar-refractivity contribution in [1.82, 2.24) is 15.5 Å². The summed E-state index contributed by atoms with van der Waals surface area (Å²) in [5.74, 6) is -0.0933. The minimum Gasteiger partial charge on any atom is -0.378 e. The van der Waals surface area contributed by atoms with E-state index in [-0.39, 0.29) is 30.9 Å². The zero-order chi connectivity index (χ0) is 19.8. The second-order valence-corrected chi connectivity index (χ2v) is 7.71. The summed E-state index contributed by atoms with van der Waals surface area (Å²) in [6.45, 7) is 2.20. The Morgan fingerprint density at radius 1 is 1.07 bits per heavy atom. The standard InChI is InChI=1S/C20H31N3O5/c24-18-14-28-13-17(18)21-19(25)16(8-7-15-5-3-1-2-4-6-15)22-20(26)23-9-11-27-12-10-23/h7-8,15-17H,1-6,9-14H2,(H,21,25)(H,22,26)/b8-7+/t16?,17-/m0/s1. The Labute approximate surface area is 166 Å². The predicted octanol–water partition coefficient (Wildman–Crippen LogP) is 1.01. The highest BCUT2D eigenvalue weighted by Gasteiger charge is 2.30. The fourth-order valence-corrected chi connectivity index (χ4v) is 3.82. The number of allylic oxidation sites excluding steroid dienone is 1. The molecule has 0 aromatic carbocycles. The molecule has 3 aliphatic rings. The van der Waals surface area contributed by atoms with Gasteiger partial charge in [0.1, 0.15) is 18.7 Å². The van der Waals surface area contributed by atoms with Crippen molar-refractivity contribution < 1.29 is 23.9 Å². The van der Waals surface area contributed by atoms with Crippen LogP contribution in [0.4, 0.5) is 4.79 Å². The van der Waals surface area contributed by atoms with E-state index in [2.05, 4.69) is 16.7 Å². The Hall–Kier alpha value is -1.93. The minimum atomic E-state index is -0.813. The summed E-state index contributed by atoms with van der Waals surface area (Å²) >= 11 is 0. The van der Waals surface area contributed by atoms with Crippen LogP contribution in [-0.4, -0.2) is 74.2 Å². The molecule has 0 aromatic rings. The van der Waals surface area contributed by atoms with Gasteiger partial charge >= 0.3 is 6.03 Å². The first-order valence-electron chi connectivity index (χ1n) is 10.4. The van der Waals surface area contributed by atoms with Gasteiger partial charge in [-0.3, -0.25) is 9.59 Å². The average Bonchev–Trinajstić information content (AvgIpc) is 2.95. The third kappa shape index (κ3) is 6.04. The number of ketones is 1. The molecule has 2 N–H and O–H groups in total. The first kappa shape index (κ1) is 20.8. The van der Waals surface area contributed by atoms with Crippen molar-refractivity contribution in [2.75, 3.05) is 39.5 Å². The van der Waals surface area contributed by atoms with Gasteiger partial charge in [0.05, 0.1) is 19.8 Å². The number of hydrogen-bond acceptors (Lipinski definition) is 5. The van der Waals surface area contributed by atoms with Crippen LogP contribution < -0.4 is 10.6 Å². The van der Waals surface area contributed by atoms with Crippen LogP contribution >= 0.6 is 0 Å². The van der Waals surface area contributed by atoms with Crippen LogP contribution in [0.1, 0.15) is 38.5 Å². The number of ether oxygens (including phenoxy) is 2. The lowest BCUT2D eigenvalue weighted by Crippen LogP contribution is -2.55. The van der Waals surface area contributed by atoms with Crippen LogP contribution in [-0.2, 0) is 19.1 Å². The van der Waals surface area contributed by atoms with E-state index in [0.717, 1.165) is 12.8 Å². The molecule has 0 bridgehead atoms. The summed E-state index contributed by atoms with van der Waals surface area (Å²) in [7, 11) is 0. The Morgan fingerprint density at radius 3 is 2.43 bits per heavy atom. The number of hydrogen-bond donors (Lipinski definition) is 2. The summed E-state index contributed by atoms with van der Waals surface area (Å²) in [5.41, 5.74) is 0. The number of nitrogens with zero attached hydrogens (tertiary/aromatic N) is 1. The third-order valence-electron chi connectivity index (χ3n) is 5.57. The molecule has 3 rings (SSSR count). The lowest BCUT2D eigenvalue weighted by Gasteiger charge is -2.28. The molecule has 2 saturated heterocycles. The Bertz CT molecular complexity index is 580. The van der Waals surface area contributed by atoms with Crippen LogP contribution in [0, 0.1) is 5.92 Å². The zero-order valence-corrected chi connectivity index (χ0v) is 16.4. The fraction of sp³-hybridized carbons (Fsp3) is 0.750. The number of carbonyl (C=O) groups is 3. The summed E-state index contributed by atoms with van der Waals surface area (Å²) in [5, 5.41) is 5.53. The Kier molecular flexibility index (Phi) is 7.85. The molecule has 1 unspecified atom stereocenters. The lowest BCUT2D eigenvalue weighted by molar-refractivity contribution is -0.126. The smallest absolute Gasteiger partial charge is 0.318 e. The van der Waals surface area contributed by atoms with Gasteiger partial charge in [-0.1, -0.05) is 37.8 Å². The van der Waals surface area contributed by atoms with Crippen LogP contribution in [0.5, 0.6) is 0 Å². The molecule has 3 fully saturated rings. The topological polar surface area (TPSA) is 97.0 Å². The molecule has 8 heteroatoms. The Morgan fingerprint density at radius 2 is 1.79 bits per heavy atom. The number of carbonyl (C=O) groups excluding carboxylic acids is 3. The molecule has 0 spiro atoms. The van der Waals surface area contributed by atoms with E-state index in [1.165, 1.54) is 25.7 Å². The second-order valence-electron chi connectivity index (χ2n) is 7.71. The average molecular weight is 393 g/mol. The molecule has 8 nitrogen and oxygen atoms in total. The first-order chi connectivity index (χ1) is 13.6. The van der Waals surface area contributed by atoms with E-state index in [4.69, 9.17) is 9.47 Å². The molecule has 3 amide bonds. The van der Waals surface area contributed by atoms with E-state index >= 15 is 0 Å². The normalized spacial score (nSPS) is 25.5. The van der Waals surface area contributed by atoms with Gasteiger partial charge in [-0.25, -0.2) is 4.79 Å². The predicted molar refractivity (Wildman–Crippen MR) is 103 cm³/mol. The molecular formula is C20H31N3O5. The van der Waals surface area contributed by atoms with E-state index < -0.39 is 12.1 Å². The number of rotatable bonds is 5. The molecule has 28 heavy (non-hydrogen) atoms. The van der Waals surface area contributed by atoms with Crippen molar-refractivity contribution >= 4 is 17.7 Å². The molecule has 2 atom stereocenters. The second kappa shape index (κ2) is 10.6. The summed E-state index contributed by atoms with van der Waals surface area (Å²) < 4.78 is 10.4. The highest BCUT2D eigenvalue weighted by molar-refractivity contribution is 5.94. The van der Waals surface area contributed by atoms with Crippen LogP contribution in [0.25, 0.3) is 0 Å². The van der Waals surface area contributed by atoms with Crippen LogP contribution in [0.15, 0.2) is 12.2 Å². The van der Waals surface area contributed by atoms with Gasteiger partial charge in [0.2, 0.25) is 5.91 Å². The highest BCUT2D eigenvalue weighted by Crippen LogP contribution is 2.23. The summed E-state index contributed by atoms with van der Waals surface area (Å²) in [6, 6.07) is -1.74. The SMILES string of the molecule is O=C(N[C@H]1COCC1=O)C(/C=C/C1CCCCCC1)NC(=O)N1CCOCC1. The zero-order valence-electron chi connectivity index (χ0n) is 16.4. The van der Waals surface area contributed by atoms with Gasteiger partial charge < -0.3 is 25.0 Å². The van der Waals surface area contributed by atoms with Gasteiger partial charge in [0.25, 0.3) is 0 Å². The fourth-order valence-electron chi connectivity index (χ4n) is 3.82. The van der Waals surface area contributed by atoms with Crippen molar-refractivity contribution in [3.63, 3.8) is 0 Å². The van der Waals surface area contributed by atoms with Crippen molar-refractivity contribution in [1.29, 1.82) is 0 Å². The highest BCUT2D eigenvalue weighted by atomic mass is 16.5. The maximum absolute atomic E-state index is 12.8. The molecule has 156 valence electrons. The van der Waals surface area contributed by atoms with Crippen molar-refractivity contribution in [2.45, 2.75) is 50.6 Å². The third-order valence-corrected chi connectivity index (χ3v) is 5.57. The summed E-state index contributed by atoms with van der Waals surface area (Å²) in [4.78, 5) is 38.8. The largest absolute Gasteiger partial charge is 0.378 e. The van der Waals surface area contributed by atoms with E-state index in [0.29, 0.717) is 32.2 Å². The molecule has 2 aliphatic heterocycles. The van der Waals surface area contributed by atoms with Crippen LogP contribution in [0.2, 0.25) is 0 Å². The monoisotopic (exact) mass is 393 g/mol. The van der Waals surface area contributed by atoms with Gasteiger partial charge in [0, 0.05) is 13.1 Å². The number of Topliss-reactive ketones (excluding diaryl/α,β-unsaturated/α-hetero) is 1. The van der Waals surface area contributed by atoms with Gasteiger partial charge in [-0.15, -0.1) is 0 Å². The van der Waals surface area contributed by atoms with E-state index in [1.54, 1.807) is 11.0 Å². The van der Waals surface area contributed by atoms with Crippen LogP contribution in [0.3, 0.4) is 0 Å². The molecule has 1 aliphatic carbocycles. The lowest BCUT2D eigenvalue weighted by atomic mass is 9.99. The quantitative estimate of drug-likeness (QED) is 0.537. The van der Waals surface area contributed by atoms with Crippen molar-refractivity contribution in [2.24, 2.45) is 5.92 Å². The maximum atomic E-state index is 12.8. The number of morpholine rings is 1. The first-order valence-corrected chi connectivity index (χ1v) is 10.4. The van der Waals surface area contributed by atoms with Crippen molar-refractivity contribution in [3.8, 4) is 0 Å². The van der Waals surface area contributed by atoms with Gasteiger partial charge in [0.15, 0.2) is 5.78 Å². The van der Waals surface area contributed by atoms with E-state index in [1.807, 2.05) is 0 Å².